The molecule has 11 unspecified atom stereocenters. The number of hydrogen-bond acceptors (Lipinski definition) is 14. The monoisotopic (exact) mass is 971 g/mol. The van der Waals surface area contributed by atoms with E-state index in [0.717, 1.165) is 70.6 Å². The van der Waals surface area contributed by atoms with Crippen molar-refractivity contribution < 1.29 is 69.0 Å². The maximum absolute atomic E-state index is 13.0. The van der Waals surface area contributed by atoms with Gasteiger partial charge in [0.15, 0.2) is 12.6 Å². The molecule has 0 saturated carbocycles. The summed E-state index contributed by atoms with van der Waals surface area (Å²) >= 11 is 0. The van der Waals surface area contributed by atoms with Gasteiger partial charge in [0.25, 0.3) is 0 Å². The van der Waals surface area contributed by atoms with E-state index < -0.39 is 86.7 Å². The highest BCUT2D eigenvalue weighted by Gasteiger charge is 2.47. The number of ether oxygens (including phenoxy) is 6. The summed E-state index contributed by atoms with van der Waals surface area (Å²) in [5.74, 6) is -0.391. The lowest BCUT2D eigenvalue weighted by Crippen LogP contribution is -2.61. The summed E-state index contributed by atoms with van der Waals surface area (Å²) in [6, 6.07) is 0. The summed E-state index contributed by atoms with van der Waals surface area (Å²) in [4.78, 5) is 13.0. The molecule has 2 saturated heterocycles. The van der Waals surface area contributed by atoms with Gasteiger partial charge < -0.3 is 64.2 Å². The van der Waals surface area contributed by atoms with E-state index >= 15 is 0 Å². The Kier molecular flexibility index (Phi) is 38.3. The molecular formula is C54H98O14. The normalized spacial score (nSPS) is 26.1. The first-order valence-electron chi connectivity index (χ1n) is 27.1. The van der Waals surface area contributed by atoms with Gasteiger partial charge in [-0.1, -0.05) is 185 Å². The Morgan fingerprint density at radius 1 is 0.500 bits per heavy atom. The molecule has 2 aliphatic heterocycles. The number of rotatable bonds is 43. The quantitative estimate of drug-likeness (QED) is 0.0173. The molecular weight excluding hydrogens is 873 g/mol. The van der Waals surface area contributed by atoms with E-state index in [1.807, 2.05) is 0 Å². The topological polar surface area (TPSA) is 214 Å². The first-order chi connectivity index (χ1) is 33.1. The molecule has 398 valence electrons. The van der Waals surface area contributed by atoms with Gasteiger partial charge in [0, 0.05) is 13.0 Å². The average molecular weight is 971 g/mol. The van der Waals surface area contributed by atoms with Crippen molar-refractivity contribution in [1.29, 1.82) is 0 Å². The van der Waals surface area contributed by atoms with Gasteiger partial charge in [0.05, 0.1) is 26.4 Å². The van der Waals surface area contributed by atoms with Gasteiger partial charge >= 0.3 is 5.97 Å². The minimum absolute atomic E-state index is 0.0572. The van der Waals surface area contributed by atoms with Crippen molar-refractivity contribution >= 4 is 5.97 Å². The van der Waals surface area contributed by atoms with Gasteiger partial charge in [-0.25, -0.2) is 0 Å². The fourth-order valence-corrected chi connectivity index (χ4v) is 8.54. The fraction of sp³-hybridized carbons (Fsp3) is 0.870. The molecule has 0 amide bonds. The molecule has 0 aromatic rings. The summed E-state index contributed by atoms with van der Waals surface area (Å²) in [6.45, 7) is 3.58. The largest absolute Gasteiger partial charge is 0.457 e. The van der Waals surface area contributed by atoms with E-state index in [2.05, 4.69) is 50.3 Å². The van der Waals surface area contributed by atoms with E-state index in [9.17, 15) is 40.5 Å². The van der Waals surface area contributed by atoms with E-state index in [4.69, 9.17) is 28.4 Å². The molecule has 0 spiro atoms. The SMILES string of the molecule is CC/C=C\C/C=C\C/C=C\CCCCCCCC(=O)OC(COCCCCCCCCCCCCCCCCCCCCC)COC1OC(COC2OC(CO)C(O)C(O)C2O)C(O)C(O)C1O. The molecule has 0 bridgehead atoms. The molecule has 0 aromatic carbocycles. The summed E-state index contributed by atoms with van der Waals surface area (Å²) in [5.41, 5.74) is 0. The number of hydrogen-bond donors (Lipinski definition) is 7. The molecule has 7 N–H and O–H groups in total. The van der Waals surface area contributed by atoms with E-state index in [1.54, 1.807) is 0 Å². The van der Waals surface area contributed by atoms with Crippen LogP contribution in [0.25, 0.3) is 0 Å². The van der Waals surface area contributed by atoms with Crippen molar-refractivity contribution in [2.75, 3.05) is 33.0 Å². The van der Waals surface area contributed by atoms with Crippen molar-refractivity contribution in [2.24, 2.45) is 0 Å². The first-order valence-corrected chi connectivity index (χ1v) is 27.1. The zero-order valence-electron chi connectivity index (χ0n) is 42.3. The number of aliphatic hydroxyl groups excluding tert-OH is 7. The smallest absolute Gasteiger partial charge is 0.306 e. The molecule has 2 heterocycles. The summed E-state index contributed by atoms with van der Waals surface area (Å²) in [5, 5.41) is 72.2. The zero-order chi connectivity index (χ0) is 49.5. The predicted molar refractivity (Wildman–Crippen MR) is 266 cm³/mol. The number of aliphatic hydroxyl groups is 7. The third-order valence-electron chi connectivity index (χ3n) is 12.9. The van der Waals surface area contributed by atoms with Gasteiger partial charge in [-0.3, -0.25) is 4.79 Å². The van der Waals surface area contributed by atoms with Gasteiger partial charge in [-0.15, -0.1) is 0 Å². The third kappa shape index (κ3) is 28.9. The Balaban J connectivity index is 1.74. The predicted octanol–water partition coefficient (Wildman–Crippen LogP) is 8.58. The number of esters is 1. The lowest BCUT2D eigenvalue weighted by molar-refractivity contribution is -0.332. The molecule has 2 aliphatic rings. The highest BCUT2D eigenvalue weighted by molar-refractivity contribution is 5.69. The standard InChI is InChI=1S/C54H98O14/c1-3-5-7-9-11-13-15-17-19-20-21-22-24-26-28-30-32-34-36-38-63-40-43(66-46(56)37-35-33-31-29-27-25-23-18-16-14-12-10-8-6-4-2)41-64-53-52(62)50(60)48(58)45(68-53)42-65-54-51(61)49(59)47(57)44(39-55)67-54/h6,8,12,14,18,23,43-45,47-55,57-62H,3-5,7,9-11,13,15-17,19-22,24-42H2,1-2H3/b8-6-,14-12-,23-18-. The Bertz CT molecular complexity index is 1260. The number of allylic oxidation sites excluding steroid dienone is 6. The van der Waals surface area contributed by atoms with Crippen molar-refractivity contribution in [2.45, 2.75) is 268 Å². The number of carbonyl (C=O) groups is 1. The van der Waals surface area contributed by atoms with Gasteiger partial charge in [0.2, 0.25) is 0 Å². The van der Waals surface area contributed by atoms with Crippen LogP contribution in [0.3, 0.4) is 0 Å². The lowest BCUT2D eigenvalue weighted by Gasteiger charge is -2.42. The zero-order valence-corrected chi connectivity index (χ0v) is 42.3. The summed E-state index contributed by atoms with van der Waals surface area (Å²) in [7, 11) is 0. The Hall–Kier alpha value is -1.79. The van der Waals surface area contributed by atoms with Gasteiger partial charge in [-0.2, -0.15) is 0 Å². The highest BCUT2D eigenvalue weighted by Crippen LogP contribution is 2.26. The molecule has 11 atom stereocenters. The van der Waals surface area contributed by atoms with Gasteiger partial charge in [0.1, 0.15) is 54.9 Å². The maximum Gasteiger partial charge on any atom is 0.306 e. The second-order valence-corrected chi connectivity index (χ2v) is 19.0. The van der Waals surface area contributed by atoms with Crippen molar-refractivity contribution in [3.8, 4) is 0 Å². The molecule has 14 nitrogen and oxygen atoms in total. The minimum atomic E-state index is -1.71. The van der Waals surface area contributed by atoms with Gasteiger partial charge in [-0.05, 0) is 44.9 Å². The van der Waals surface area contributed by atoms with Crippen LogP contribution in [-0.4, -0.2) is 142 Å². The van der Waals surface area contributed by atoms with E-state index in [1.165, 1.54) is 103 Å². The molecule has 2 rings (SSSR count). The van der Waals surface area contributed by atoms with Crippen molar-refractivity contribution in [1.82, 2.24) is 0 Å². The second-order valence-electron chi connectivity index (χ2n) is 19.0. The Morgan fingerprint density at radius 2 is 0.956 bits per heavy atom. The molecule has 14 heteroatoms. The second kappa shape index (κ2) is 41.8. The van der Waals surface area contributed by atoms with Crippen molar-refractivity contribution in [3.05, 3.63) is 36.5 Å². The first kappa shape index (κ1) is 62.3. The maximum atomic E-state index is 13.0. The molecule has 68 heavy (non-hydrogen) atoms. The average Bonchev–Trinajstić information content (AvgIpc) is 3.33. The van der Waals surface area contributed by atoms with Crippen LogP contribution in [0.5, 0.6) is 0 Å². The molecule has 0 aromatic heterocycles. The number of carbonyl (C=O) groups excluding carboxylic acids is 1. The van der Waals surface area contributed by atoms with Crippen LogP contribution < -0.4 is 0 Å². The Morgan fingerprint density at radius 3 is 1.50 bits per heavy atom. The van der Waals surface area contributed by atoms with E-state index in [-0.39, 0.29) is 19.6 Å². The molecule has 2 fully saturated rings. The fourth-order valence-electron chi connectivity index (χ4n) is 8.54. The lowest BCUT2D eigenvalue weighted by atomic mass is 9.98. The van der Waals surface area contributed by atoms with E-state index in [0.29, 0.717) is 13.0 Å². The highest BCUT2D eigenvalue weighted by atomic mass is 16.7. The molecule has 0 radical (unpaired) electrons. The Labute approximate surface area is 410 Å². The van der Waals surface area contributed by atoms with Crippen LogP contribution in [0, 0.1) is 0 Å². The summed E-state index contributed by atoms with van der Waals surface area (Å²) in [6.07, 6.45) is 30.6. The minimum Gasteiger partial charge on any atom is -0.457 e. The molecule has 0 aliphatic carbocycles. The van der Waals surface area contributed by atoms with Crippen LogP contribution in [0.15, 0.2) is 36.5 Å². The van der Waals surface area contributed by atoms with Crippen LogP contribution in [0.1, 0.15) is 200 Å². The van der Waals surface area contributed by atoms with Crippen LogP contribution in [-0.2, 0) is 33.2 Å². The van der Waals surface area contributed by atoms with Crippen LogP contribution >= 0.6 is 0 Å². The van der Waals surface area contributed by atoms with Crippen molar-refractivity contribution in [3.63, 3.8) is 0 Å². The summed E-state index contributed by atoms with van der Waals surface area (Å²) < 4.78 is 34.3. The third-order valence-corrected chi connectivity index (χ3v) is 12.9. The number of unbranched alkanes of at least 4 members (excludes halogenated alkanes) is 23. The van der Waals surface area contributed by atoms with Crippen LogP contribution in [0.2, 0.25) is 0 Å². The van der Waals surface area contributed by atoms with Crippen LogP contribution in [0.4, 0.5) is 0 Å².